The topological polar surface area (TPSA) is 20.3 Å². The Hall–Kier alpha value is -0.0800. The van der Waals surface area contributed by atoms with Gasteiger partial charge in [-0.2, -0.15) is 0 Å². The summed E-state index contributed by atoms with van der Waals surface area (Å²) in [4.78, 5) is 12.7. The smallest absolute Gasteiger partial charge is 0.136 e. The van der Waals surface area contributed by atoms with Crippen molar-refractivity contribution in [1.82, 2.24) is 4.90 Å². The first-order valence-corrected chi connectivity index (χ1v) is 3.50. The molecule has 1 rings (SSSR count). The van der Waals surface area contributed by atoms with Crippen LogP contribution in [-0.2, 0) is 4.79 Å². The minimum atomic E-state index is -0.0637. The number of carbonyl (C=O) groups excluding carboxylic acids is 1. The maximum Gasteiger partial charge on any atom is 0.136 e. The first-order valence-electron chi connectivity index (χ1n) is 3.06. The fourth-order valence-corrected chi connectivity index (χ4v) is 1.16. The zero-order valence-electron chi connectivity index (χ0n) is 5.43. The molecule has 1 heterocycles. The lowest BCUT2D eigenvalue weighted by molar-refractivity contribution is -0.121. The molecule has 0 saturated carbocycles. The Bertz CT molecular complexity index is 126. The van der Waals surface area contributed by atoms with Crippen molar-refractivity contribution in [3.63, 3.8) is 0 Å². The van der Waals surface area contributed by atoms with Crippen molar-refractivity contribution in [3.05, 3.63) is 0 Å². The van der Waals surface area contributed by atoms with Gasteiger partial charge < -0.3 is 0 Å². The van der Waals surface area contributed by atoms with E-state index in [1.165, 1.54) is 0 Å². The lowest BCUT2D eigenvalue weighted by Gasteiger charge is -2.26. The quantitative estimate of drug-likeness (QED) is 0.374. The molecule has 0 amide bonds. The zero-order valence-corrected chi connectivity index (χ0v) is 6.19. The van der Waals surface area contributed by atoms with Gasteiger partial charge in [0.1, 0.15) is 5.78 Å². The molecule has 1 aliphatic heterocycles. The van der Waals surface area contributed by atoms with Crippen LogP contribution in [0, 0.1) is 0 Å². The van der Waals surface area contributed by atoms with Crippen LogP contribution in [0.1, 0.15) is 12.8 Å². The largest absolute Gasteiger partial charge is 0.300 e. The molecule has 1 aliphatic rings. The molecule has 2 nitrogen and oxygen atoms in total. The summed E-state index contributed by atoms with van der Waals surface area (Å²) in [6.45, 7) is 0.812. The van der Waals surface area contributed by atoms with E-state index in [2.05, 4.69) is 0 Å². The minimum Gasteiger partial charge on any atom is -0.300 e. The molecule has 9 heavy (non-hydrogen) atoms. The van der Waals surface area contributed by atoms with E-state index in [9.17, 15) is 4.79 Å². The molecule has 1 atom stereocenters. The normalized spacial score (nSPS) is 30.9. The van der Waals surface area contributed by atoms with Gasteiger partial charge in [0.2, 0.25) is 0 Å². The number of likely N-dealkylation sites (tertiary alicyclic amines) is 1. The van der Waals surface area contributed by atoms with Crippen LogP contribution in [0.25, 0.3) is 0 Å². The third-order valence-corrected chi connectivity index (χ3v) is 2.11. The summed E-state index contributed by atoms with van der Waals surface area (Å²) in [6.07, 6.45) is 1.18. The fourth-order valence-electron chi connectivity index (χ4n) is 0.887. The maximum atomic E-state index is 10.7. The van der Waals surface area contributed by atoms with Crippen LogP contribution >= 0.6 is 11.6 Å². The Labute approximate surface area is 59.8 Å². The Balaban J connectivity index is 2.44. The monoisotopic (exact) mass is 147 g/mol. The van der Waals surface area contributed by atoms with E-state index < -0.39 is 0 Å². The molecule has 52 valence electrons. The summed E-state index contributed by atoms with van der Waals surface area (Å²) < 4.78 is 0. The SMILES string of the molecule is CN1CCC(=O)C[C@@H]1Cl. The van der Waals surface area contributed by atoms with Crippen molar-refractivity contribution >= 4 is 17.4 Å². The molecule has 3 heteroatoms. The summed E-state index contributed by atoms with van der Waals surface area (Å²) in [6, 6.07) is 0. The third-order valence-electron chi connectivity index (χ3n) is 1.62. The van der Waals surface area contributed by atoms with Gasteiger partial charge in [0.05, 0.1) is 5.50 Å². The number of ketones is 1. The number of hydrogen-bond donors (Lipinski definition) is 0. The van der Waals surface area contributed by atoms with Gasteiger partial charge in [0.15, 0.2) is 0 Å². The van der Waals surface area contributed by atoms with Crippen LogP contribution in [0.2, 0.25) is 0 Å². The third kappa shape index (κ3) is 1.66. The molecule has 0 aromatic rings. The second-order valence-corrected chi connectivity index (χ2v) is 2.91. The van der Waals surface area contributed by atoms with E-state index in [4.69, 9.17) is 11.6 Å². The highest BCUT2D eigenvalue weighted by atomic mass is 35.5. The summed E-state index contributed by atoms with van der Waals surface area (Å²) >= 11 is 5.77. The molecule has 1 saturated heterocycles. The van der Waals surface area contributed by atoms with Gasteiger partial charge in [-0.15, -0.1) is 11.6 Å². The van der Waals surface area contributed by atoms with Gasteiger partial charge in [-0.1, -0.05) is 0 Å². The van der Waals surface area contributed by atoms with Gasteiger partial charge in [0.25, 0.3) is 0 Å². The Morgan fingerprint density at radius 3 is 2.89 bits per heavy atom. The predicted molar refractivity (Wildman–Crippen MR) is 36.5 cm³/mol. The number of carbonyl (C=O) groups is 1. The molecule has 0 aliphatic carbocycles. The minimum absolute atomic E-state index is 0.0637. The Morgan fingerprint density at radius 1 is 1.78 bits per heavy atom. The van der Waals surface area contributed by atoms with E-state index in [0.29, 0.717) is 12.8 Å². The summed E-state index contributed by atoms with van der Waals surface area (Å²) in [7, 11) is 1.93. The number of halogens is 1. The van der Waals surface area contributed by atoms with Crippen LogP contribution in [0.4, 0.5) is 0 Å². The molecule has 0 unspecified atom stereocenters. The summed E-state index contributed by atoms with van der Waals surface area (Å²) in [5.74, 6) is 0.285. The van der Waals surface area contributed by atoms with Gasteiger partial charge in [-0.05, 0) is 7.05 Å². The van der Waals surface area contributed by atoms with Crippen LogP contribution < -0.4 is 0 Å². The van der Waals surface area contributed by atoms with Crippen LogP contribution in [0.3, 0.4) is 0 Å². The highest BCUT2D eigenvalue weighted by Gasteiger charge is 2.21. The van der Waals surface area contributed by atoms with Crippen molar-refractivity contribution < 1.29 is 4.79 Å². The van der Waals surface area contributed by atoms with Crippen molar-refractivity contribution in [1.29, 1.82) is 0 Å². The van der Waals surface area contributed by atoms with Crippen molar-refractivity contribution in [2.45, 2.75) is 18.3 Å². The highest BCUT2D eigenvalue weighted by Crippen LogP contribution is 2.14. The van der Waals surface area contributed by atoms with Gasteiger partial charge in [-0.3, -0.25) is 9.69 Å². The van der Waals surface area contributed by atoms with E-state index in [-0.39, 0.29) is 11.3 Å². The zero-order chi connectivity index (χ0) is 6.85. The average Bonchev–Trinajstić information content (AvgIpc) is 1.80. The van der Waals surface area contributed by atoms with Crippen molar-refractivity contribution in [2.75, 3.05) is 13.6 Å². The fraction of sp³-hybridized carbons (Fsp3) is 0.833. The van der Waals surface area contributed by atoms with Gasteiger partial charge in [-0.25, -0.2) is 0 Å². The van der Waals surface area contributed by atoms with Crippen molar-refractivity contribution in [2.24, 2.45) is 0 Å². The second kappa shape index (κ2) is 2.67. The molecular weight excluding hydrogens is 138 g/mol. The van der Waals surface area contributed by atoms with E-state index in [1.807, 2.05) is 11.9 Å². The average molecular weight is 148 g/mol. The van der Waals surface area contributed by atoms with Crippen LogP contribution in [0.5, 0.6) is 0 Å². The Morgan fingerprint density at radius 2 is 2.44 bits per heavy atom. The van der Waals surface area contributed by atoms with Gasteiger partial charge in [0, 0.05) is 19.4 Å². The van der Waals surface area contributed by atoms with Crippen LogP contribution in [0.15, 0.2) is 0 Å². The number of piperidine rings is 1. The standard InChI is InChI=1S/C6H10ClNO/c1-8-3-2-5(9)4-6(8)7/h6H,2-4H2,1H3/t6-/m1/s1. The van der Waals surface area contributed by atoms with E-state index in [0.717, 1.165) is 6.54 Å². The molecule has 0 aromatic heterocycles. The van der Waals surface area contributed by atoms with Crippen LogP contribution in [-0.4, -0.2) is 29.8 Å². The lowest BCUT2D eigenvalue weighted by atomic mass is 10.1. The highest BCUT2D eigenvalue weighted by molar-refractivity contribution is 6.21. The molecule has 0 N–H and O–H groups in total. The number of alkyl halides is 1. The Kier molecular flexibility index (Phi) is 2.09. The first-order chi connectivity index (χ1) is 4.20. The molecule has 0 radical (unpaired) electrons. The van der Waals surface area contributed by atoms with E-state index >= 15 is 0 Å². The molecule has 0 bridgehead atoms. The molecule has 1 fully saturated rings. The first kappa shape index (κ1) is 7.03. The number of rotatable bonds is 0. The number of hydrogen-bond acceptors (Lipinski definition) is 2. The summed E-state index contributed by atoms with van der Waals surface area (Å²) in [5, 5.41) is 0. The molecule has 0 spiro atoms. The predicted octanol–water partition coefficient (Wildman–Crippen LogP) is 0.846. The maximum absolute atomic E-state index is 10.7. The van der Waals surface area contributed by atoms with Crippen molar-refractivity contribution in [3.8, 4) is 0 Å². The molecular formula is C6H10ClNO. The second-order valence-electron chi connectivity index (χ2n) is 2.41. The summed E-state index contributed by atoms with van der Waals surface area (Å²) in [5.41, 5.74) is -0.0637. The number of nitrogens with zero attached hydrogens (tertiary/aromatic N) is 1. The van der Waals surface area contributed by atoms with E-state index in [1.54, 1.807) is 0 Å². The van der Waals surface area contributed by atoms with Gasteiger partial charge >= 0.3 is 0 Å². The number of Topliss-reactive ketones (excluding diaryl/α,β-unsaturated/α-hetero) is 1. The molecule has 0 aromatic carbocycles. The lowest BCUT2D eigenvalue weighted by Crippen LogP contribution is -2.36.